The van der Waals surface area contributed by atoms with Gasteiger partial charge in [-0.1, -0.05) is 0 Å². The van der Waals surface area contributed by atoms with Crippen LogP contribution in [0.25, 0.3) is 0 Å². The Kier molecular flexibility index (Phi) is 4.15. The Balaban J connectivity index is 3.02. The highest BCUT2D eigenvalue weighted by molar-refractivity contribution is 5.28. The zero-order chi connectivity index (χ0) is 11.4. The van der Waals surface area contributed by atoms with Gasteiger partial charge in [-0.3, -0.25) is 0 Å². The van der Waals surface area contributed by atoms with E-state index in [2.05, 4.69) is 0 Å². The van der Waals surface area contributed by atoms with Crippen molar-refractivity contribution in [3.63, 3.8) is 0 Å². The van der Waals surface area contributed by atoms with Gasteiger partial charge in [-0.15, -0.1) is 0 Å². The monoisotopic (exact) mass is 217 g/mol. The molecule has 0 saturated heterocycles. The average Bonchev–Trinajstić information content (AvgIpc) is 2.19. The zero-order valence-electron chi connectivity index (χ0n) is 8.56. The van der Waals surface area contributed by atoms with Gasteiger partial charge in [0.25, 0.3) is 0 Å². The number of benzene rings is 1. The van der Waals surface area contributed by atoms with Crippen LogP contribution in [0.15, 0.2) is 12.1 Å². The van der Waals surface area contributed by atoms with Gasteiger partial charge < -0.3 is 5.73 Å². The summed E-state index contributed by atoms with van der Waals surface area (Å²) in [6.45, 7) is 1.69. The van der Waals surface area contributed by atoms with Crippen molar-refractivity contribution in [1.29, 1.82) is 0 Å². The third-order valence-corrected chi connectivity index (χ3v) is 2.24. The van der Waals surface area contributed by atoms with Gasteiger partial charge in [0.1, 0.15) is 6.17 Å². The first kappa shape index (κ1) is 12.0. The Bertz CT molecular complexity index is 337. The molecular formula is C11H14F3N. The minimum atomic E-state index is -1.29. The molecule has 0 aromatic heterocycles. The Hall–Kier alpha value is -1.03. The Labute approximate surface area is 87.1 Å². The summed E-state index contributed by atoms with van der Waals surface area (Å²) in [5.41, 5.74) is 5.63. The van der Waals surface area contributed by atoms with Crippen LogP contribution in [0.5, 0.6) is 0 Å². The second kappa shape index (κ2) is 5.16. The maximum absolute atomic E-state index is 13.2. The molecule has 1 unspecified atom stereocenters. The lowest BCUT2D eigenvalue weighted by Gasteiger charge is -2.08. The van der Waals surface area contributed by atoms with Crippen LogP contribution in [0.1, 0.15) is 30.6 Å². The van der Waals surface area contributed by atoms with E-state index in [0.29, 0.717) is 19.4 Å². The molecule has 2 N–H and O–H groups in total. The van der Waals surface area contributed by atoms with Crippen molar-refractivity contribution < 1.29 is 13.2 Å². The molecule has 0 saturated carbocycles. The fourth-order valence-corrected chi connectivity index (χ4v) is 1.37. The van der Waals surface area contributed by atoms with Crippen LogP contribution < -0.4 is 5.73 Å². The van der Waals surface area contributed by atoms with Gasteiger partial charge in [0.05, 0.1) is 0 Å². The molecule has 0 amide bonds. The molecule has 1 aromatic rings. The van der Waals surface area contributed by atoms with Crippen molar-refractivity contribution >= 4 is 0 Å². The van der Waals surface area contributed by atoms with E-state index in [1.165, 1.54) is 13.0 Å². The number of alkyl halides is 1. The Morgan fingerprint density at radius 1 is 1.33 bits per heavy atom. The number of rotatable bonds is 4. The first-order valence-electron chi connectivity index (χ1n) is 4.88. The van der Waals surface area contributed by atoms with Gasteiger partial charge in [-0.05, 0) is 49.6 Å². The summed E-state index contributed by atoms with van der Waals surface area (Å²) in [4.78, 5) is 0. The summed E-state index contributed by atoms with van der Waals surface area (Å²) in [5, 5.41) is 0. The molecule has 84 valence electrons. The molecular weight excluding hydrogens is 203 g/mol. The van der Waals surface area contributed by atoms with Crippen LogP contribution in [-0.4, -0.2) is 6.54 Å². The van der Waals surface area contributed by atoms with E-state index in [4.69, 9.17) is 5.73 Å². The van der Waals surface area contributed by atoms with Gasteiger partial charge in [0.15, 0.2) is 11.6 Å². The molecule has 0 aliphatic carbocycles. The van der Waals surface area contributed by atoms with Crippen LogP contribution in [0.2, 0.25) is 0 Å². The SMILES string of the molecule is CC(F)c1cc(F)c(F)c(CCCN)c1. The van der Waals surface area contributed by atoms with E-state index in [0.717, 1.165) is 6.07 Å². The summed E-state index contributed by atoms with van der Waals surface area (Å²) < 4.78 is 39.2. The van der Waals surface area contributed by atoms with E-state index < -0.39 is 17.8 Å². The summed E-state index contributed by atoms with van der Waals surface area (Å²) in [5.74, 6) is -1.89. The number of aryl methyl sites for hydroxylation is 1. The molecule has 0 radical (unpaired) electrons. The smallest absolute Gasteiger partial charge is 0.162 e. The predicted octanol–water partition coefficient (Wildman–Crippen LogP) is 2.89. The minimum Gasteiger partial charge on any atom is -0.330 e. The van der Waals surface area contributed by atoms with Crippen molar-refractivity contribution in [3.05, 3.63) is 34.9 Å². The van der Waals surface area contributed by atoms with E-state index in [9.17, 15) is 13.2 Å². The lowest BCUT2D eigenvalue weighted by Crippen LogP contribution is -2.04. The number of nitrogens with two attached hydrogens (primary N) is 1. The van der Waals surface area contributed by atoms with Crippen molar-refractivity contribution in [1.82, 2.24) is 0 Å². The zero-order valence-corrected chi connectivity index (χ0v) is 8.56. The van der Waals surface area contributed by atoms with Crippen LogP contribution in [-0.2, 0) is 6.42 Å². The molecule has 1 aromatic carbocycles. The predicted molar refractivity (Wildman–Crippen MR) is 53.3 cm³/mol. The van der Waals surface area contributed by atoms with Gasteiger partial charge in [0, 0.05) is 0 Å². The summed E-state index contributed by atoms with van der Waals surface area (Å²) in [6, 6.07) is 2.25. The lowest BCUT2D eigenvalue weighted by molar-refractivity contribution is 0.370. The topological polar surface area (TPSA) is 26.0 Å². The minimum absolute atomic E-state index is 0.168. The summed E-state index contributed by atoms with van der Waals surface area (Å²) >= 11 is 0. The highest BCUT2D eigenvalue weighted by atomic mass is 19.2. The van der Waals surface area contributed by atoms with Gasteiger partial charge in [-0.25, -0.2) is 13.2 Å². The molecule has 1 rings (SSSR count). The third-order valence-electron chi connectivity index (χ3n) is 2.24. The van der Waals surface area contributed by atoms with Gasteiger partial charge in [-0.2, -0.15) is 0 Å². The standard InChI is InChI=1S/C11H14F3N/c1-7(12)9-5-8(3-2-4-15)11(14)10(13)6-9/h5-7H,2-4,15H2,1H3. The van der Waals surface area contributed by atoms with Crippen LogP contribution in [0.3, 0.4) is 0 Å². The molecule has 0 bridgehead atoms. The second-order valence-corrected chi connectivity index (χ2v) is 3.48. The highest BCUT2D eigenvalue weighted by Crippen LogP contribution is 2.23. The number of hydrogen-bond donors (Lipinski definition) is 1. The Morgan fingerprint density at radius 2 is 2.00 bits per heavy atom. The largest absolute Gasteiger partial charge is 0.330 e. The lowest BCUT2D eigenvalue weighted by atomic mass is 10.0. The van der Waals surface area contributed by atoms with E-state index >= 15 is 0 Å². The molecule has 0 aliphatic heterocycles. The van der Waals surface area contributed by atoms with E-state index in [1.54, 1.807) is 0 Å². The molecule has 1 atom stereocenters. The molecule has 15 heavy (non-hydrogen) atoms. The van der Waals surface area contributed by atoms with Crippen molar-refractivity contribution in [2.75, 3.05) is 6.54 Å². The van der Waals surface area contributed by atoms with E-state index in [-0.39, 0.29) is 11.1 Å². The molecule has 4 heteroatoms. The number of halogens is 3. The molecule has 0 fully saturated rings. The Morgan fingerprint density at radius 3 is 2.53 bits per heavy atom. The molecule has 0 aliphatic rings. The molecule has 1 nitrogen and oxygen atoms in total. The van der Waals surface area contributed by atoms with E-state index in [1.807, 2.05) is 0 Å². The first-order chi connectivity index (χ1) is 7.06. The summed E-state index contributed by atoms with van der Waals surface area (Å²) in [6.07, 6.45) is -0.406. The molecule has 0 spiro atoms. The quantitative estimate of drug-likeness (QED) is 0.824. The van der Waals surface area contributed by atoms with Crippen LogP contribution in [0, 0.1) is 11.6 Å². The second-order valence-electron chi connectivity index (χ2n) is 3.48. The van der Waals surface area contributed by atoms with Crippen molar-refractivity contribution in [3.8, 4) is 0 Å². The molecule has 0 heterocycles. The number of hydrogen-bond acceptors (Lipinski definition) is 1. The van der Waals surface area contributed by atoms with Crippen LogP contribution in [0.4, 0.5) is 13.2 Å². The fourth-order valence-electron chi connectivity index (χ4n) is 1.37. The summed E-state index contributed by atoms with van der Waals surface area (Å²) in [7, 11) is 0. The highest BCUT2D eigenvalue weighted by Gasteiger charge is 2.13. The first-order valence-corrected chi connectivity index (χ1v) is 4.88. The van der Waals surface area contributed by atoms with Crippen molar-refractivity contribution in [2.45, 2.75) is 25.9 Å². The fraction of sp³-hybridized carbons (Fsp3) is 0.455. The van der Waals surface area contributed by atoms with Crippen molar-refractivity contribution in [2.24, 2.45) is 5.73 Å². The normalized spacial score (nSPS) is 12.9. The maximum Gasteiger partial charge on any atom is 0.162 e. The third kappa shape index (κ3) is 2.96. The van der Waals surface area contributed by atoms with Crippen LogP contribution >= 0.6 is 0 Å². The van der Waals surface area contributed by atoms with Gasteiger partial charge in [0.2, 0.25) is 0 Å². The van der Waals surface area contributed by atoms with Gasteiger partial charge >= 0.3 is 0 Å². The maximum atomic E-state index is 13.2. The average molecular weight is 217 g/mol.